The zero-order valence-electron chi connectivity index (χ0n) is 9.48. The third-order valence-electron chi connectivity index (χ3n) is 2.05. The summed E-state index contributed by atoms with van der Waals surface area (Å²) in [5.41, 5.74) is 0. The number of carbonyl (C=O) groups is 1. The van der Waals surface area contributed by atoms with Gasteiger partial charge in [0.1, 0.15) is 0 Å². The van der Waals surface area contributed by atoms with Gasteiger partial charge in [0.05, 0.1) is 0 Å². The minimum Gasteiger partial charge on any atom is -0.356 e. The van der Waals surface area contributed by atoms with Crippen molar-refractivity contribution >= 4 is 18.3 Å². The van der Waals surface area contributed by atoms with Crippen LogP contribution in [0.3, 0.4) is 0 Å². The molecule has 2 N–H and O–H groups in total. The van der Waals surface area contributed by atoms with Crippen LogP contribution in [0.2, 0.25) is 0 Å². The van der Waals surface area contributed by atoms with Crippen LogP contribution in [0.5, 0.6) is 0 Å². The van der Waals surface area contributed by atoms with Crippen LogP contribution >= 0.6 is 12.4 Å². The molecule has 1 rings (SSSR count). The normalized spacial score (nSPS) is 9.56. The first-order valence-electron chi connectivity index (χ1n) is 5.21. The maximum atomic E-state index is 11.2. The minimum absolute atomic E-state index is 0. The Hall–Kier alpha value is -1.07. The van der Waals surface area contributed by atoms with Gasteiger partial charge in [-0.2, -0.15) is 5.10 Å². The second-order valence-corrected chi connectivity index (χ2v) is 3.33. The Morgan fingerprint density at radius 2 is 2.25 bits per heavy atom. The number of nitrogens with zero attached hydrogens (tertiary/aromatic N) is 2. The standard InChI is InChI=1S/C10H18N4O.ClH/c1-11-7-4-10(15)12-5-2-8-14-9-3-6-13-14;/h3,6,9,11H,2,4-5,7-8H2,1H3,(H,12,15);1H. The quantitative estimate of drug-likeness (QED) is 0.686. The molecule has 0 aromatic carbocycles. The van der Waals surface area contributed by atoms with Crippen molar-refractivity contribution in [3.63, 3.8) is 0 Å². The number of aryl methyl sites for hydroxylation is 1. The highest BCUT2D eigenvalue weighted by molar-refractivity contribution is 5.85. The fraction of sp³-hybridized carbons (Fsp3) is 0.600. The summed E-state index contributed by atoms with van der Waals surface area (Å²) in [6.07, 6.45) is 5.12. The molecule has 1 aromatic rings. The van der Waals surface area contributed by atoms with E-state index in [9.17, 15) is 4.79 Å². The predicted molar refractivity (Wildman–Crippen MR) is 65.6 cm³/mol. The van der Waals surface area contributed by atoms with Crippen molar-refractivity contribution in [2.45, 2.75) is 19.4 Å². The highest BCUT2D eigenvalue weighted by Crippen LogP contribution is 1.88. The molecule has 0 aliphatic rings. The molecular formula is C10H19ClN4O. The summed E-state index contributed by atoms with van der Waals surface area (Å²) in [5, 5.41) is 9.87. The number of nitrogens with one attached hydrogen (secondary N) is 2. The Balaban J connectivity index is 0.00000225. The molecule has 1 aromatic heterocycles. The summed E-state index contributed by atoms with van der Waals surface area (Å²) in [7, 11) is 1.84. The van der Waals surface area contributed by atoms with Crippen molar-refractivity contribution in [1.82, 2.24) is 20.4 Å². The molecule has 0 radical (unpaired) electrons. The van der Waals surface area contributed by atoms with Gasteiger partial charge in [0.15, 0.2) is 0 Å². The maximum Gasteiger partial charge on any atom is 0.221 e. The van der Waals surface area contributed by atoms with Crippen LogP contribution in [0.25, 0.3) is 0 Å². The lowest BCUT2D eigenvalue weighted by atomic mass is 10.3. The van der Waals surface area contributed by atoms with Gasteiger partial charge in [0.2, 0.25) is 5.91 Å². The number of hydrogen-bond acceptors (Lipinski definition) is 3. The third kappa shape index (κ3) is 6.42. The molecular weight excluding hydrogens is 228 g/mol. The molecule has 0 spiro atoms. The van der Waals surface area contributed by atoms with Gasteiger partial charge in [-0.15, -0.1) is 12.4 Å². The zero-order valence-corrected chi connectivity index (χ0v) is 10.3. The maximum absolute atomic E-state index is 11.2. The summed E-state index contributed by atoms with van der Waals surface area (Å²) in [5.74, 6) is 0.102. The Kier molecular flexibility index (Phi) is 8.56. The Morgan fingerprint density at radius 3 is 2.88 bits per heavy atom. The molecule has 1 heterocycles. The van der Waals surface area contributed by atoms with E-state index in [4.69, 9.17) is 0 Å². The van der Waals surface area contributed by atoms with Gasteiger partial charge in [0.25, 0.3) is 0 Å². The highest BCUT2D eigenvalue weighted by Gasteiger charge is 1.98. The molecule has 16 heavy (non-hydrogen) atoms. The van der Waals surface area contributed by atoms with E-state index in [1.807, 2.05) is 24.0 Å². The van der Waals surface area contributed by atoms with Crippen LogP contribution in [0.15, 0.2) is 18.5 Å². The second kappa shape index (κ2) is 9.18. The van der Waals surface area contributed by atoms with E-state index in [1.165, 1.54) is 0 Å². The van der Waals surface area contributed by atoms with Crippen LogP contribution < -0.4 is 10.6 Å². The Morgan fingerprint density at radius 1 is 1.44 bits per heavy atom. The molecule has 1 amide bonds. The number of hydrogen-bond donors (Lipinski definition) is 2. The van der Waals surface area contributed by atoms with Gasteiger partial charge in [0, 0.05) is 38.4 Å². The lowest BCUT2D eigenvalue weighted by molar-refractivity contribution is -0.120. The summed E-state index contributed by atoms with van der Waals surface area (Å²) < 4.78 is 1.86. The van der Waals surface area contributed by atoms with Gasteiger partial charge in [-0.3, -0.25) is 9.48 Å². The summed E-state index contributed by atoms with van der Waals surface area (Å²) in [6, 6.07) is 1.89. The van der Waals surface area contributed by atoms with Crippen molar-refractivity contribution in [2.24, 2.45) is 0 Å². The molecule has 0 unspecified atom stereocenters. The molecule has 0 saturated heterocycles. The first-order chi connectivity index (χ1) is 7.33. The van der Waals surface area contributed by atoms with Gasteiger partial charge in [-0.25, -0.2) is 0 Å². The van der Waals surface area contributed by atoms with Crippen molar-refractivity contribution in [1.29, 1.82) is 0 Å². The number of halogens is 1. The van der Waals surface area contributed by atoms with Crippen LogP contribution in [0, 0.1) is 0 Å². The van der Waals surface area contributed by atoms with E-state index >= 15 is 0 Å². The lowest BCUT2D eigenvalue weighted by Gasteiger charge is -2.04. The van der Waals surface area contributed by atoms with Crippen LogP contribution in [0.1, 0.15) is 12.8 Å². The van der Waals surface area contributed by atoms with Crippen LogP contribution in [-0.2, 0) is 11.3 Å². The van der Waals surface area contributed by atoms with Gasteiger partial charge in [-0.1, -0.05) is 0 Å². The van der Waals surface area contributed by atoms with Crippen LogP contribution in [0.4, 0.5) is 0 Å². The fourth-order valence-electron chi connectivity index (χ4n) is 1.23. The highest BCUT2D eigenvalue weighted by atomic mass is 35.5. The molecule has 0 aliphatic carbocycles. The first-order valence-corrected chi connectivity index (χ1v) is 5.21. The Bertz CT molecular complexity index is 276. The van der Waals surface area contributed by atoms with E-state index in [2.05, 4.69) is 15.7 Å². The Labute approximate surface area is 102 Å². The predicted octanol–water partition coefficient (Wildman–Crippen LogP) is 0.421. The van der Waals surface area contributed by atoms with E-state index < -0.39 is 0 Å². The topological polar surface area (TPSA) is 59.0 Å². The number of amides is 1. The molecule has 0 saturated carbocycles. The van der Waals surface area contributed by atoms with Gasteiger partial charge in [-0.05, 0) is 19.5 Å². The van der Waals surface area contributed by atoms with Crippen molar-refractivity contribution in [2.75, 3.05) is 20.1 Å². The van der Waals surface area contributed by atoms with Gasteiger partial charge < -0.3 is 10.6 Å². The number of aromatic nitrogens is 2. The summed E-state index contributed by atoms with van der Waals surface area (Å²) in [4.78, 5) is 11.2. The molecule has 92 valence electrons. The average molecular weight is 247 g/mol. The SMILES string of the molecule is CNCCC(=O)NCCCn1cccn1.Cl. The van der Waals surface area contributed by atoms with E-state index in [1.54, 1.807) is 6.20 Å². The summed E-state index contributed by atoms with van der Waals surface area (Å²) >= 11 is 0. The zero-order chi connectivity index (χ0) is 10.9. The first kappa shape index (κ1) is 14.9. The molecule has 0 aliphatic heterocycles. The van der Waals surface area contributed by atoms with E-state index in [0.717, 1.165) is 19.5 Å². The van der Waals surface area contributed by atoms with Gasteiger partial charge >= 0.3 is 0 Å². The minimum atomic E-state index is 0. The largest absolute Gasteiger partial charge is 0.356 e. The van der Waals surface area contributed by atoms with E-state index in [0.29, 0.717) is 13.0 Å². The summed E-state index contributed by atoms with van der Waals surface area (Å²) in [6.45, 7) is 2.28. The van der Waals surface area contributed by atoms with Crippen molar-refractivity contribution in [3.8, 4) is 0 Å². The second-order valence-electron chi connectivity index (χ2n) is 3.33. The number of rotatable bonds is 7. The molecule has 5 nitrogen and oxygen atoms in total. The smallest absolute Gasteiger partial charge is 0.221 e. The molecule has 6 heteroatoms. The van der Waals surface area contributed by atoms with Crippen LogP contribution in [-0.4, -0.2) is 35.8 Å². The van der Waals surface area contributed by atoms with Crippen molar-refractivity contribution in [3.05, 3.63) is 18.5 Å². The van der Waals surface area contributed by atoms with E-state index in [-0.39, 0.29) is 18.3 Å². The number of carbonyl (C=O) groups excluding carboxylic acids is 1. The lowest BCUT2D eigenvalue weighted by Crippen LogP contribution is -2.27. The molecule has 0 atom stereocenters. The monoisotopic (exact) mass is 246 g/mol. The fourth-order valence-corrected chi connectivity index (χ4v) is 1.23. The molecule has 0 fully saturated rings. The third-order valence-corrected chi connectivity index (χ3v) is 2.05. The van der Waals surface area contributed by atoms with Crippen molar-refractivity contribution < 1.29 is 4.79 Å². The molecule has 0 bridgehead atoms. The average Bonchev–Trinajstić information content (AvgIpc) is 2.74.